The van der Waals surface area contributed by atoms with E-state index < -0.39 is 0 Å². The van der Waals surface area contributed by atoms with Crippen LogP contribution in [-0.2, 0) is 17.8 Å². The summed E-state index contributed by atoms with van der Waals surface area (Å²) in [6, 6.07) is 15.3. The zero-order valence-electron chi connectivity index (χ0n) is 15.5. The molecular formula is C21H18FN5O2. The van der Waals surface area contributed by atoms with E-state index >= 15 is 0 Å². The quantitative estimate of drug-likeness (QED) is 0.519. The minimum absolute atomic E-state index is 0.153. The summed E-state index contributed by atoms with van der Waals surface area (Å²) in [5, 5.41) is 11.0. The fourth-order valence-corrected chi connectivity index (χ4v) is 2.85. The first-order valence-electron chi connectivity index (χ1n) is 9.11. The molecule has 8 heteroatoms. The van der Waals surface area contributed by atoms with Crippen LogP contribution in [0.25, 0.3) is 11.4 Å². The topological polar surface area (TPSA) is 85.8 Å². The number of aromatic nitrogens is 4. The molecule has 0 saturated heterocycles. The predicted octanol–water partition coefficient (Wildman–Crippen LogP) is 3.69. The van der Waals surface area contributed by atoms with E-state index in [0.29, 0.717) is 30.2 Å². The van der Waals surface area contributed by atoms with Crippen molar-refractivity contribution in [2.75, 3.05) is 5.32 Å². The van der Waals surface area contributed by atoms with Gasteiger partial charge >= 0.3 is 0 Å². The van der Waals surface area contributed by atoms with Gasteiger partial charge in [-0.2, -0.15) is 10.1 Å². The van der Waals surface area contributed by atoms with Crippen molar-refractivity contribution in [2.45, 2.75) is 19.4 Å². The Morgan fingerprint density at radius 2 is 1.93 bits per heavy atom. The molecule has 0 radical (unpaired) electrons. The molecule has 1 N–H and O–H groups in total. The number of amides is 1. The average molecular weight is 391 g/mol. The van der Waals surface area contributed by atoms with Gasteiger partial charge in [0.25, 0.3) is 0 Å². The molecule has 4 aromatic rings. The molecule has 0 aliphatic carbocycles. The standard InChI is InChI=1S/C21H18FN5O2/c22-17-8-6-15(7-9-17)21-25-20(29-26-21)11-10-19(28)24-18-5-2-1-4-16(18)14-27-13-3-12-23-27/h1-9,12-13H,10-11,14H2,(H,24,28). The third-order valence-electron chi connectivity index (χ3n) is 4.32. The molecule has 0 bridgehead atoms. The third kappa shape index (κ3) is 4.73. The highest BCUT2D eigenvalue weighted by molar-refractivity contribution is 5.91. The molecule has 7 nitrogen and oxygen atoms in total. The van der Waals surface area contributed by atoms with Crippen molar-refractivity contribution in [3.8, 4) is 11.4 Å². The van der Waals surface area contributed by atoms with E-state index in [-0.39, 0.29) is 18.1 Å². The van der Waals surface area contributed by atoms with Crippen molar-refractivity contribution in [3.05, 3.63) is 84.3 Å². The fraction of sp³-hybridized carbons (Fsp3) is 0.143. The number of hydrogen-bond acceptors (Lipinski definition) is 5. The van der Waals surface area contributed by atoms with Crippen molar-refractivity contribution < 1.29 is 13.7 Å². The van der Waals surface area contributed by atoms with Crippen LogP contribution in [0.15, 0.2) is 71.5 Å². The molecule has 2 aromatic carbocycles. The lowest BCUT2D eigenvalue weighted by Gasteiger charge is -2.11. The lowest BCUT2D eigenvalue weighted by atomic mass is 10.1. The summed E-state index contributed by atoms with van der Waals surface area (Å²) in [6.45, 7) is 0.564. The first kappa shape index (κ1) is 18.5. The van der Waals surface area contributed by atoms with Crippen LogP contribution < -0.4 is 5.32 Å². The molecule has 2 aromatic heterocycles. The van der Waals surface area contributed by atoms with Gasteiger partial charge in [0, 0.05) is 36.5 Å². The third-order valence-corrected chi connectivity index (χ3v) is 4.32. The van der Waals surface area contributed by atoms with Crippen molar-refractivity contribution in [2.24, 2.45) is 0 Å². The fourth-order valence-electron chi connectivity index (χ4n) is 2.85. The van der Waals surface area contributed by atoms with Crippen LogP contribution in [0.4, 0.5) is 10.1 Å². The second-order valence-electron chi connectivity index (χ2n) is 6.43. The summed E-state index contributed by atoms with van der Waals surface area (Å²) in [6.07, 6.45) is 4.08. The van der Waals surface area contributed by atoms with Crippen molar-refractivity contribution in [1.29, 1.82) is 0 Å². The molecule has 0 aliphatic rings. The monoisotopic (exact) mass is 391 g/mol. The number of aryl methyl sites for hydroxylation is 1. The lowest BCUT2D eigenvalue weighted by molar-refractivity contribution is -0.116. The van der Waals surface area contributed by atoms with Crippen LogP contribution in [0.1, 0.15) is 17.9 Å². The Morgan fingerprint density at radius 3 is 2.72 bits per heavy atom. The molecule has 0 aliphatic heterocycles. The van der Waals surface area contributed by atoms with Crippen LogP contribution in [0.5, 0.6) is 0 Å². The smallest absolute Gasteiger partial charge is 0.227 e. The van der Waals surface area contributed by atoms with Gasteiger partial charge in [0.1, 0.15) is 5.82 Å². The molecular weight excluding hydrogens is 373 g/mol. The SMILES string of the molecule is O=C(CCc1nc(-c2ccc(F)cc2)no1)Nc1ccccc1Cn1cccn1. The maximum atomic E-state index is 13.0. The summed E-state index contributed by atoms with van der Waals surface area (Å²) in [5.41, 5.74) is 2.35. The molecule has 2 heterocycles. The summed E-state index contributed by atoms with van der Waals surface area (Å²) >= 11 is 0. The molecule has 146 valence electrons. The predicted molar refractivity (Wildman–Crippen MR) is 104 cm³/mol. The first-order valence-corrected chi connectivity index (χ1v) is 9.11. The average Bonchev–Trinajstić information content (AvgIpc) is 3.41. The molecule has 0 spiro atoms. The zero-order chi connectivity index (χ0) is 20.1. The van der Waals surface area contributed by atoms with Gasteiger partial charge < -0.3 is 9.84 Å². The zero-order valence-corrected chi connectivity index (χ0v) is 15.5. The first-order chi connectivity index (χ1) is 14.2. The maximum Gasteiger partial charge on any atom is 0.227 e. The minimum Gasteiger partial charge on any atom is -0.339 e. The summed E-state index contributed by atoms with van der Waals surface area (Å²) in [4.78, 5) is 16.7. The summed E-state index contributed by atoms with van der Waals surface area (Å²) in [5.74, 6) is 0.232. The Bertz CT molecular complexity index is 1090. The van der Waals surface area contributed by atoms with E-state index in [0.717, 1.165) is 11.3 Å². The number of halogens is 1. The van der Waals surface area contributed by atoms with E-state index in [4.69, 9.17) is 4.52 Å². The summed E-state index contributed by atoms with van der Waals surface area (Å²) in [7, 11) is 0. The number of para-hydroxylation sites is 1. The Labute approximate surface area is 166 Å². The Morgan fingerprint density at radius 1 is 1.10 bits per heavy atom. The van der Waals surface area contributed by atoms with Crippen LogP contribution in [0.2, 0.25) is 0 Å². The van der Waals surface area contributed by atoms with Crippen molar-refractivity contribution in [3.63, 3.8) is 0 Å². The van der Waals surface area contributed by atoms with Crippen molar-refractivity contribution in [1.82, 2.24) is 19.9 Å². The van der Waals surface area contributed by atoms with Gasteiger partial charge in [0.15, 0.2) is 0 Å². The number of anilines is 1. The number of nitrogens with one attached hydrogen (secondary N) is 1. The second kappa shape index (κ2) is 8.47. The Balaban J connectivity index is 1.36. The number of nitrogens with zero attached hydrogens (tertiary/aromatic N) is 4. The van der Waals surface area contributed by atoms with Gasteiger partial charge in [0.05, 0.1) is 6.54 Å². The van der Waals surface area contributed by atoms with Crippen LogP contribution in [0.3, 0.4) is 0 Å². The number of rotatable bonds is 7. The van der Waals surface area contributed by atoms with E-state index in [1.54, 1.807) is 23.0 Å². The molecule has 0 atom stereocenters. The Hall–Kier alpha value is -3.81. The highest BCUT2D eigenvalue weighted by atomic mass is 19.1. The van der Waals surface area contributed by atoms with E-state index in [2.05, 4.69) is 20.6 Å². The second-order valence-corrected chi connectivity index (χ2v) is 6.43. The minimum atomic E-state index is -0.332. The highest BCUT2D eigenvalue weighted by Crippen LogP contribution is 2.18. The van der Waals surface area contributed by atoms with Gasteiger partial charge in [-0.05, 0) is 42.0 Å². The maximum absolute atomic E-state index is 13.0. The molecule has 4 rings (SSSR count). The highest BCUT2D eigenvalue weighted by Gasteiger charge is 2.12. The molecule has 1 amide bonds. The molecule has 0 unspecified atom stereocenters. The molecule has 29 heavy (non-hydrogen) atoms. The van der Waals surface area contributed by atoms with E-state index in [1.165, 1.54) is 12.1 Å². The van der Waals surface area contributed by atoms with Gasteiger partial charge in [-0.25, -0.2) is 4.39 Å². The van der Waals surface area contributed by atoms with E-state index in [9.17, 15) is 9.18 Å². The van der Waals surface area contributed by atoms with Crippen LogP contribution >= 0.6 is 0 Å². The number of hydrogen-bond donors (Lipinski definition) is 1. The van der Waals surface area contributed by atoms with Crippen LogP contribution in [-0.4, -0.2) is 25.8 Å². The molecule has 0 saturated carbocycles. The van der Waals surface area contributed by atoms with Gasteiger partial charge in [-0.3, -0.25) is 9.48 Å². The summed E-state index contributed by atoms with van der Waals surface area (Å²) < 4.78 is 20.0. The normalized spacial score (nSPS) is 10.8. The number of carbonyl (C=O) groups is 1. The van der Waals surface area contributed by atoms with Gasteiger partial charge in [0.2, 0.25) is 17.6 Å². The van der Waals surface area contributed by atoms with Crippen molar-refractivity contribution >= 4 is 11.6 Å². The van der Waals surface area contributed by atoms with Gasteiger partial charge in [-0.1, -0.05) is 23.4 Å². The Kier molecular flexibility index (Phi) is 5.42. The van der Waals surface area contributed by atoms with Gasteiger partial charge in [-0.15, -0.1) is 0 Å². The molecule has 0 fully saturated rings. The number of carbonyl (C=O) groups excluding carboxylic acids is 1. The number of benzene rings is 2. The lowest BCUT2D eigenvalue weighted by Crippen LogP contribution is -2.14. The van der Waals surface area contributed by atoms with E-state index in [1.807, 2.05) is 36.5 Å². The largest absolute Gasteiger partial charge is 0.339 e. The van der Waals surface area contributed by atoms with Crippen LogP contribution in [0, 0.1) is 5.82 Å².